The molecule has 0 N–H and O–H groups in total. The minimum absolute atomic E-state index is 1.02. The zero-order valence-electron chi connectivity index (χ0n) is 12.8. The largest absolute Gasteiger partial charge is 0.0710 e. The molecular weight excluding hydrogens is 244 g/mol. The lowest BCUT2D eigenvalue weighted by molar-refractivity contribution is 0.591. The predicted molar refractivity (Wildman–Crippen MR) is 88.4 cm³/mol. The first kappa shape index (κ1) is 14.6. The SMILES string of the molecule is C[Si](C)(C)CC(Cc1ccccc1)=C1CCCCC1. The Morgan fingerprint density at radius 1 is 0.947 bits per heavy atom. The van der Waals surface area contributed by atoms with Crippen LogP contribution in [0.15, 0.2) is 41.5 Å². The molecule has 1 heteroatoms. The summed E-state index contributed by atoms with van der Waals surface area (Å²) in [6.45, 7) is 7.50. The van der Waals surface area contributed by atoms with Gasteiger partial charge in [-0.1, -0.05) is 67.5 Å². The molecule has 104 valence electrons. The Morgan fingerprint density at radius 3 is 2.16 bits per heavy atom. The normalized spacial score (nSPS) is 16.5. The fourth-order valence-electron chi connectivity index (χ4n) is 3.13. The topological polar surface area (TPSA) is 0 Å². The fraction of sp³-hybridized carbons (Fsp3) is 0.556. The van der Waals surface area contributed by atoms with Crippen molar-refractivity contribution in [2.45, 2.75) is 64.2 Å². The maximum atomic E-state index is 2.50. The highest BCUT2D eigenvalue weighted by atomic mass is 28.3. The molecule has 1 aliphatic rings. The van der Waals surface area contributed by atoms with Crippen LogP contribution in [0.4, 0.5) is 0 Å². The first-order chi connectivity index (χ1) is 9.04. The molecule has 1 saturated carbocycles. The summed E-state index contributed by atoms with van der Waals surface area (Å²) in [6, 6.07) is 12.4. The molecule has 1 aromatic carbocycles. The third kappa shape index (κ3) is 4.98. The second-order valence-corrected chi connectivity index (χ2v) is 12.6. The standard InChI is InChI=1S/C18H28Si/c1-19(2,3)15-18(17-12-8-5-9-13-17)14-16-10-6-4-7-11-16/h4,6-7,10-11H,5,8-9,12-15H2,1-3H3. The van der Waals surface area contributed by atoms with Crippen molar-refractivity contribution in [3.63, 3.8) is 0 Å². The molecule has 19 heavy (non-hydrogen) atoms. The van der Waals surface area contributed by atoms with E-state index in [0.717, 1.165) is 0 Å². The molecule has 0 radical (unpaired) electrons. The van der Waals surface area contributed by atoms with Crippen LogP contribution >= 0.6 is 0 Å². The summed E-state index contributed by atoms with van der Waals surface area (Å²) >= 11 is 0. The van der Waals surface area contributed by atoms with E-state index in [0.29, 0.717) is 0 Å². The van der Waals surface area contributed by atoms with Gasteiger partial charge in [0.15, 0.2) is 0 Å². The third-order valence-corrected chi connectivity index (χ3v) is 5.45. The average molecular weight is 273 g/mol. The molecule has 1 fully saturated rings. The summed E-state index contributed by atoms with van der Waals surface area (Å²) in [5.74, 6) is 0. The maximum absolute atomic E-state index is 2.50. The van der Waals surface area contributed by atoms with E-state index in [1.54, 1.807) is 11.1 Å². The van der Waals surface area contributed by atoms with Gasteiger partial charge in [0.2, 0.25) is 0 Å². The molecule has 0 aliphatic heterocycles. The Kier molecular flexibility index (Phi) is 5.03. The van der Waals surface area contributed by atoms with E-state index in [9.17, 15) is 0 Å². The van der Waals surface area contributed by atoms with Gasteiger partial charge >= 0.3 is 0 Å². The van der Waals surface area contributed by atoms with Gasteiger partial charge in [0.05, 0.1) is 0 Å². The number of benzene rings is 1. The van der Waals surface area contributed by atoms with Gasteiger partial charge in [-0.05, 0) is 43.7 Å². The minimum atomic E-state index is -1.02. The third-order valence-electron chi connectivity index (χ3n) is 3.96. The maximum Gasteiger partial charge on any atom is 0.0483 e. The van der Waals surface area contributed by atoms with Gasteiger partial charge in [0.25, 0.3) is 0 Å². The highest BCUT2D eigenvalue weighted by Crippen LogP contribution is 2.31. The lowest BCUT2D eigenvalue weighted by Gasteiger charge is -2.24. The lowest BCUT2D eigenvalue weighted by Crippen LogP contribution is -2.21. The summed E-state index contributed by atoms with van der Waals surface area (Å²) in [5.41, 5.74) is 5.08. The Labute approximate surface area is 119 Å². The summed E-state index contributed by atoms with van der Waals surface area (Å²) in [4.78, 5) is 0. The van der Waals surface area contributed by atoms with Crippen molar-refractivity contribution < 1.29 is 0 Å². The highest BCUT2D eigenvalue weighted by Gasteiger charge is 2.19. The van der Waals surface area contributed by atoms with Gasteiger partial charge in [0.1, 0.15) is 0 Å². The van der Waals surface area contributed by atoms with Crippen LogP contribution in [0.3, 0.4) is 0 Å². The average Bonchev–Trinajstić information content (AvgIpc) is 2.39. The Balaban J connectivity index is 2.19. The second-order valence-electron chi connectivity index (χ2n) is 7.17. The van der Waals surface area contributed by atoms with Crippen molar-refractivity contribution in [3.05, 3.63) is 47.0 Å². The molecule has 2 rings (SSSR count). The lowest BCUT2D eigenvalue weighted by atomic mass is 9.89. The Morgan fingerprint density at radius 2 is 1.58 bits per heavy atom. The fourth-order valence-corrected chi connectivity index (χ4v) is 4.78. The van der Waals surface area contributed by atoms with Crippen LogP contribution in [0.2, 0.25) is 25.7 Å². The van der Waals surface area contributed by atoms with E-state index in [-0.39, 0.29) is 0 Å². The number of rotatable bonds is 4. The van der Waals surface area contributed by atoms with Crippen molar-refractivity contribution in [1.82, 2.24) is 0 Å². The van der Waals surface area contributed by atoms with E-state index in [1.165, 1.54) is 50.1 Å². The molecule has 0 amide bonds. The van der Waals surface area contributed by atoms with E-state index in [2.05, 4.69) is 50.0 Å². The van der Waals surface area contributed by atoms with Gasteiger partial charge in [-0.15, -0.1) is 0 Å². The van der Waals surface area contributed by atoms with E-state index in [4.69, 9.17) is 0 Å². The molecule has 0 spiro atoms. The van der Waals surface area contributed by atoms with Crippen molar-refractivity contribution in [1.29, 1.82) is 0 Å². The molecule has 0 bridgehead atoms. The van der Waals surface area contributed by atoms with Crippen molar-refractivity contribution in [2.24, 2.45) is 0 Å². The summed E-state index contributed by atoms with van der Waals surface area (Å²) in [6.07, 6.45) is 8.20. The van der Waals surface area contributed by atoms with Crippen LogP contribution in [-0.2, 0) is 6.42 Å². The zero-order valence-corrected chi connectivity index (χ0v) is 13.8. The molecule has 0 nitrogen and oxygen atoms in total. The quantitative estimate of drug-likeness (QED) is 0.478. The van der Waals surface area contributed by atoms with Crippen molar-refractivity contribution in [3.8, 4) is 0 Å². The smallest absolute Gasteiger partial charge is 0.0483 e. The number of allylic oxidation sites excluding steroid dienone is 2. The van der Waals surface area contributed by atoms with Crippen LogP contribution < -0.4 is 0 Å². The number of hydrogen-bond acceptors (Lipinski definition) is 0. The van der Waals surface area contributed by atoms with E-state index < -0.39 is 8.07 Å². The summed E-state index contributed by atoms with van der Waals surface area (Å²) in [5, 5.41) is 0. The molecule has 0 atom stereocenters. The van der Waals surface area contributed by atoms with Crippen LogP contribution in [-0.4, -0.2) is 8.07 Å². The molecule has 0 unspecified atom stereocenters. The molecule has 1 aromatic rings. The van der Waals surface area contributed by atoms with E-state index >= 15 is 0 Å². The monoisotopic (exact) mass is 272 g/mol. The first-order valence-electron chi connectivity index (χ1n) is 7.78. The van der Waals surface area contributed by atoms with Crippen LogP contribution in [0.5, 0.6) is 0 Å². The van der Waals surface area contributed by atoms with Gasteiger partial charge in [0, 0.05) is 8.07 Å². The van der Waals surface area contributed by atoms with Crippen LogP contribution in [0.25, 0.3) is 0 Å². The van der Waals surface area contributed by atoms with Crippen molar-refractivity contribution >= 4 is 8.07 Å². The minimum Gasteiger partial charge on any atom is -0.0710 e. The number of hydrogen-bond donors (Lipinski definition) is 0. The summed E-state index contributed by atoms with van der Waals surface area (Å²) in [7, 11) is -1.02. The van der Waals surface area contributed by atoms with Gasteiger partial charge in [-0.3, -0.25) is 0 Å². The van der Waals surface area contributed by atoms with Gasteiger partial charge in [-0.25, -0.2) is 0 Å². The van der Waals surface area contributed by atoms with Crippen LogP contribution in [0.1, 0.15) is 37.7 Å². The molecule has 0 saturated heterocycles. The molecule has 0 aromatic heterocycles. The van der Waals surface area contributed by atoms with Crippen LogP contribution in [0, 0.1) is 0 Å². The Bertz CT molecular complexity index is 415. The Hall–Kier alpha value is -0.823. The first-order valence-corrected chi connectivity index (χ1v) is 11.5. The molecule has 0 heterocycles. The van der Waals surface area contributed by atoms with Crippen molar-refractivity contribution in [2.75, 3.05) is 0 Å². The zero-order chi connectivity index (χ0) is 13.7. The summed E-state index contributed by atoms with van der Waals surface area (Å²) < 4.78 is 0. The van der Waals surface area contributed by atoms with E-state index in [1.807, 2.05) is 0 Å². The molecule has 1 aliphatic carbocycles. The van der Waals surface area contributed by atoms with Gasteiger partial charge < -0.3 is 0 Å². The molecular formula is C18H28Si. The van der Waals surface area contributed by atoms with Gasteiger partial charge in [-0.2, -0.15) is 0 Å². The second kappa shape index (κ2) is 6.56. The predicted octanol–water partition coefficient (Wildman–Crippen LogP) is 5.83. The highest BCUT2D eigenvalue weighted by molar-refractivity contribution is 6.76.